The van der Waals surface area contributed by atoms with Crippen LogP contribution in [0.15, 0.2) is 36.4 Å². The molecule has 0 fully saturated rings. The molecule has 0 saturated heterocycles. The Bertz CT molecular complexity index is 728. The third-order valence-electron chi connectivity index (χ3n) is 3.47. The van der Waals surface area contributed by atoms with Gasteiger partial charge in [-0.05, 0) is 17.2 Å². The second-order valence-electron chi connectivity index (χ2n) is 4.70. The van der Waals surface area contributed by atoms with Crippen molar-refractivity contribution in [3.8, 4) is 11.1 Å². The molecular weight excluding hydrogens is 280 g/mol. The van der Waals surface area contributed by atoms with Crippen molar-refractivity contribution >= 4 is 30.7 Å². The maximum atomic E-state index is 14.5. The molecular formula is C15H8BClF2O. The van der Waals surface area contributed by atoms with Crippen LogP contribution in [-0.4, -0.2) is 19.5 Å². The SMILES string of the molecule is [B]c1ccc2c(c1)C(F)(F)c1cc(C(=O)CCl)ccc1-2. The van der Waals surface area contributed by atoms with Gasteiger partial charge in [-0.3, -0.25) is 4.79 Å². The van der Waals surface area contributed by atoms with E-state index in [1.165, 1.54) is 24.3 Å². The lowest BCUT2D eigenvalue weighted by Gasteiger charge is -2.13. The number of hydrogen-bond donors (Lipinski definition) is 0. The molecule has 5 heteroatoms. The molecule has 1 nitrogen and oxygen atoms in total. The molecule has 0 bridgehead atoms. The van der Waals surface area contributed by atoms with E-state index in [4.69, 9.17) is 19.4 Å². The summed E-state index contributed by atoms with van der Waals surface area (Å²) in [4.78, 5) is 11.6. The van der Waals surface area contributed by atoms with Crippen molar-refractivity contribution in [3.05, 3.63) is 53.1 Å². The van der Waals surface area contributed by atoms with Gasteiger partial charge >= 0.3 is 0 Å². The van der Waals surface area contributed by atoms with E-state index in [9.17, 15) is 13.6 Å². The number of carbonyl (C=O) groups excluding carboxylic acids is 1. The summed E-state index contributed by atoms with van der Waals surface area (Å²) in [6, 6.07) is 8.71. The first-order chi connectivity index (χ1) is 9.45. The largest absolute Gasteiger partial charge is 0.299 e. The lowest BCUT2D eigenvalue weighted by Crippen LogP contribution is -2.15. The van der Waals surface area contributed by atoms with Crippen LogP contribution >= 0.6 is 11.6 Å². The minimum absolute atomic E-state index is 0.122. The molecule has 0 N–H and O–H groups in total. The Morgan fingerprint density at radius 3 is 2.35 bits per heavy atom. The van der Waals surface area contributed by atoms with Crippen molar-refractivity contribution < 1.29 is 13.6 Å². The monoisotopic (exact) mass is 288 g/mol. The number of ketones is 1. The molecule has 0 unspecified atom stereocenters. The van der Waals surface area contributed by atoms with Crippen LogP contribution in [0.4, 0.5) is 8.78 Å². The second-order valence-corrected chi connectivity index (χ2v) is 4.96. The maximum absolute atomic E-state index is 14.5. The summed E-state index contributed by atoms with van der Waals surface area (Å²) < 4.78 is 28.9. The number of fused-ring (bicyclic) bond motifs is 3. The van der Waals surface area contributed by atoms with Crippen molar-refractivity contribution in [2.24, 2.45) is 0 Å². The van der Waals surface area contributed by atoms with Gasteiger partial charge in [0.15, 0.2) is 5.78 Å². The molecule has 98 valence electrons. The van der Waals surface area contributed by atoms with Crippen LogP contribution in [0.5, 0.6) is 0 Å². The fraction of sp³-hybridized carbons (Fsp3) is 0.133. The first-order valence-corrected chi connectivity index (χ1v) is 6.50. The summed E-state index contributed by atoms with van der Waals surface area (Å²) in [6.07, 6.45) is 0. The smallest absolute Gasteiger partial charge is 0.293 e. The third-order valence-corrected chi connectivity index (χ3v) is 3.72. The Morgan fingerprint density at radius 1 is 1.10 bits per heavy atom. The van der Waals surface area contributed by atoms with Crippen LogP contribution in [-0.2, 0) is 5.92 Å². The highest BCUT2D eigenvalue weighted by molar-refractivity contribution is 6.32. The van der Waals surface area contributed by atoms with E-state index in [0.29, 0.717) is 11.1 Å². The summed E-state index contributed by atoms with van der Waals surface area (Å²) in [5.74, 6) is -3.76. The van der Waals surface area contributed by atoms with Gasteiger partial charge in [-0.1, -0.05) is 35.8 Å². The van der Waals surface area contributed by atoms with Gasteiger partial charge in [-0.2, -0.15) is 8.78 Å². The molecule has 0 atom stereocenters. The lowest BCUT2D eigenvalue weighted by molar-refractivity contribution is 0.0480. The normalized spacial score (nSPS) is 14.8. The zero-order valence-electron chi connectivity index (χ0n) is 10.3. The Kier molecular flexibility index (Phi) is 2.94. The van der Waals surface area contributed by atoms with Gasteiger partial charge < -0.3 is 0 Å². The average Bonchev–Trinajstić information content (AvgIpc) is 2.66. The molecule has 20 heavy (non-hydrogen) atoms. The van der Waals surface area contributed by atoms with Gasteiger partial charge in [-0.25, -0.2) is 0 Å². The Morgan fingerprint density at radius 2 is 1.70 bits per heavy atom. The quantitative estimate of drug-likeness (QED) is 0.472. The van der Waals surface area contributed by atoms with Crippen LogP contribution < -0.4 is 5.46 Å². The number of benzene rings is 2. The number of halogens is 3. The van der Waals surface area contributed by atoms with Crippen molar-refractivity contribution in [2.45, 2.75) is 5.92 Å². The minimum Gasteiger partial charge on any atom is -0.293 e. The van der Waals surface area contributed by atoms with Crippen molar-refractivity contribution in [1.82, 2.24) is 0 Å². The molecule has 1 aliphatic carbocycles. The predicted molar refractivity (Wildman–Crippen MR) is 75.3 cm³/mol. The molecule has 0 heterocycles. The summed E-state index contributed by atoms with van der Waals surface area (Å²) in [6.45, 7) is 0. The Hall–Kier alpha value is -1.68. The second kappa shape index (κ2) is 4.42. The van der Waals surface area contributed by atoms with Gasteiger partial charge in [0.1, 0.15) is 7.85 Å². The molecule has 2 radical (unpaired) electrons. The van der Waals surface area contributed by atoms with E-state index in [0.717, 1.165) is 0 Å². The van der Waals surface area contributed by atoms with Gasteiger partial charge in [0.05, 0.1) is 5.88 Å². The number of alkyl halides is 3. The maximum Gasteiger partial charge on any atom is 0.299 e. The van der Waals surface area contributed by atoms with Crippen LogP contribution in [0.1, 0.15) is 21.5 Å². The van der Waals surface area contributed by atoms with Crippen molar-refractivity contribution in [2.75, 3.05) is 5.88 Å². The zero-order chi connectivity index (χ0) is 14.5. The van der Waals surface area contributed by atoms with E-state index in [-0.39, 0.29) is 33.8 Å². The van der Waals surface area contributed by atoms with Gasteiger partial charge in [-0.15, -0.1) is 11.6 Å². The Labute approximate surface area is 121 Å². The molecule has 0 aromatic heterocycles. The van der Waals surface area contributed by atoms with E-state index in [2.05, 4.69) is 0 Å². The first-order valence-electron chi connectivity index (χ1n) is 5.97. The molecule has 1 aliphatic rings. The Balaban J connectivity index is 2.24. The molecule has 2 aromatic carbocycles. The number of hydrogen-bond acceptors (Lipinski definition) is 1. The van der Waals surface area contributed by atoms with Gasteiger partial charge in [0, 0.05) is 16.7 Å². The van der Waals surface area contributed by atoms with E-state index in [1.807, 2.05) is 0 Å². The molecule has 0 amide bonds. The van der Waals surface area contributed by atoms with Crippen LogP contribution in [0, 0.1) is 0 Å². The number of rotatable bonds is 2. The van der Waals surface area contributed by atoms with Gasteiger partial charge in [0.2, 0.25) is 0 Å². The summed E-state index contributed by atoms with van der Waals surface area (Å²) in [5, 5.41) is 0. The highest BCUT2D eigenvalue weighted by atomic mass is 35.5. The first kappa shape index (κ1) is 13.3. The van der Waals surface area contributed by atoms with E-state index >= 15 is 0 Å². The van der Waals surface area contributed by atoms with Crippen LogP contribution in [0.2, 0.25) is 0 Å². The molecule has 0 spiro atoms. The number of Topliss-reactive ketones (excluding diaryl/α,β-unsaturated/α-hetero) is 1. The highest BCUT2D eigenvalue weighted by Gasteiger charge is 2.44. The van der Waals surface area contributed by atoms with Crippen molar-refractivity contribution in [1.29, 1.82) is 0 Å². The van der Waals surface area contributed by atoms with Gasteiger partial charge in [0.25, 0.3) is 5.92 Å². The fourth-order valence-corrected chi connectivity index (χ4v) is 2.65. The summed E-state index contributed by atoms with van der Waals surface area (Å²) >= 11 is 5.46. The third kappa shape index (κ3) is 1.79. The number of carbonyl (C=O) groups is 1. The summed E-state index contributed by atoms with van der Waals surface area (Å²) in [5.41, 5.74) is 1.06. The van der Waals surface area contributed by atoms with Crippen molar-refractivity contribution in [3.63, 3.8) is 0 Å². The molecule has 0 aliphatic heterocycles. The van der Waals surface area contributed by atoms with E-state index in [1.54, 1.807) is 12.1 Å². The predicted octanol–water partition coefficient (Wildman–Crippen LogP) is 3.02. The van der Waals surface area contributed by atoms with Crippen LogP contribution in [0.3, 0.4) is 0 Å². The fourth-order valence-electron chi connectivity index (χ4n) is 2.49. The van der Waals surface area contributed by atoms with Crippen LogP contribution in [0.25, 0.3) is 11.1 Å². The average molecular weight is 288 g/mol. The molecule has 0 saturated carbocycles. The highest BCUT2D eigenvalue weighted by Crippen LogP contribution is 2.50. The molecule has 2 aromatic rings. The summed E-state index contributed by atoms with van der Waals surface area (Å²) in [7, 11) is 5.58. The van der Waals surface area contributed by atoms with E-state index < -0.39 is 5.92 Å². The lowest BCUT2D eigenvalue weighted by atomic mass is 9.91. The topological polar surface area (TPSA) is 17.1 Å². The molecule has 3 rings (SSSR count). The zero-order valence-corrected chi connectivity index (χ0v) is 11.0. The minimum atomic E-state index is -3.15. The standard InChI is InChI=1S/C15H8BClF2O/c16-9-2-4-11-10-3-1-8(14(20)7-17)5-12(10)15(18,19)13(11)6-9/h1-6H,7H2.